The molecule has 0 radical (unpaired) electrons. The Labute approximate surface area is 152 Å². The molecule has 1 aliphatic rings. The maximum Gasteiger partial charge on any atom is 0.335 e. The van der Waals surface area contributed by atoms with Crippen molar-refractivity contribution < 1.29 is 27.9 Å². The number of nitrogens with zero attached hydrogens (tertiary/aromatic N) is 1. The third-order valence-electron chi connectivity index (χ3n) is 4.10. The third-order valence-corrected chi connectivity index (χ3v) is 5.80. The molecule has 26 heavy (non-hydrogen) atoms. The zero-order valence-electron chi connectivity index (χ0n) is 14.7. The second kappa shape index (κ2) is 7.86. The summed E-state index contributed by atoms with van der Waals surface area (Å²) in [7, 11) is -3.93. The third kappa shape index (κ3) is 4.21. The summed E-state index contributed by atoms with van der Waals surface area (Å²) in [6.45, 7) is 4.89. The van der Waals surface area contributed by atoms with E-state index in [0.717, 1.165) is 12.8 Å². The monoisotopic (exact) mass is 382 g/mol. The van der Waals surface area contributed by atoms with Crippen molar-refractivity contribution in [3.05, 3.63) is 34.9 Å². The van der Waals surface area contributed by atoms with E-state index in [0.29, 0.717) is 13.1 Å². The first kappa shape index (κ1) is 19.9. The van der Waals surface area contributed by atoms with Gasteiger partial charge in [0, 0.05) is 18.7 Å². The molecule has 9 heteroatoms. The zero-order valence-corrected chi connectivity index (χ0v) is 15.5. The standard InChI is InChI=1S/C17H22N2O6S/c1-3-5-19(6-4-2)16(21)12-7-11(8-13(9-12)17(22)23)14-10-15(20)18-26(14,24)25/h7-9,14H,3-6,10H2,1-2H3,(H,18,20)(H,22,23). The molecule has 1 heterocycles. The Hall–Kier alpha value is -2.42. The summed E-state index contributed by atoms with van der Waals surface area (Å²) in [5.41, 5.74) is 0.0456. The molecule has 0 saturated carbocycles. The Morgan fingerprint density at radius 1 is 1.15 bits per heavy atom. The quantitative estimate of drug-likeness (QED) is 0.738. The summed E-state index contributed by atoms with van der Waals surface area (Å²) in [6, 6.07) is 3.81. The summed E-state index contributed by atoms with van der Waals surface area (Å²) in [5.74, 6) is -2.27. The molecule has 0 aromatic heterocycles. The van der Waals surface area contributed by atoms with E-state index in [9.17, 15) is 27.9 Å². The lowest BCUT2D eigenvalue weighted by Gasteiger charge is -2.22. The molecule has 8 nitrogen and oxygen atoms in total. The number of nitrogens with one attached hydrogen (secondary N) is 1. The molecular weight excluding hydrogens is 360 g/mol. The van der Waals surface area contributed by atoms with E-state index in [4.69, 9.17) is 0 Å². The normalized spacial score (nSPS) is 18.4. The van der Waals surface area contributed by atoms with Gasteiger partial charge in [-0.2, -0.15) is 0 Å². The van der Waals surface area contributed by atoms with Gasteiger partial charge in [-0.3, -0.25) is 14.3 Å². The molecule has 2 N–H and O–H groups in total. The van der Waals surface area contributed by atoms with Crippen LogP contribution in [0.4, 0.5) is 0 Å². The number of rotatable bonds is 7. The maximum atomic E-state index is 12.8. The fraction of sp³-hybridized carbons (Fsp3) is 0.471. The summed E-state index contributed by atoms with van der Waals surface area (Å²) in [5, 5.41) is 8.13. The van der Waals surface area contributed by atoms with Crippen molar-refractivity contribution in [2.24, 2.45) is 0 Å². The number of hydrogen-bond donors (Lipinski definition) is 2. The maximum absolute atomic E-state index is 12.8. The molecule has 1 fully saturated rings. The average Bonchev–Trinajstić information content (AvgIpc) is 2.86. The second-order valence-electron chi connectivity index (χ2n) is 6.20. The minimum Gasteiger partial charge on any atom is -0.478 e. The first-order valence-electron chi connectivity index (χ1n) is 8.41. The van der Waals surface area contributed by atoms with Crippen molar-refractivity contribution in [2.45, 2.75) is 38.4 Å². The number of amides is 2. The van der Waals surface area contributed by atoms with Crippen LogP contribution in [0.3, 0.4) is 0 Å². The molecule has 0 spiro atoms. The number of aromatic carboxylic acids is 1. The van der Waals surface area contributed by atoms with Crippen LogP contribution in [0, 0.1) is 0 Å². The van der Waals surface area contributed by atoms with Gasteiger partial charge in [0.05, 0.1) is 12.0 Å². The Bertz CT molecular complexity index is 828. The van der Waals surface area contributed by atoms with Crippen LogP contribution in [0.1, 0.15) is 64.6 Å². The molecule has 2 rings (SSSR count). The van der Waals surface area contributed by atoms with Gasteiger partial charge >= 0.3 is 5.97 Å². The molecule has 1 aliphatic heterocycles. The molecule has 0 bridgehead atoms. The zero-order chi connectivity index (χ0) is 19.5. The van der Waals surface area contributed by atoms with Crippen molar-refractivity contribution in [1.29, 1.82) is 0 Å². The van der Waals surface area contributed by atoms with Gasteiger partial charge in [0.15, 0.2) is 0 Å². The minimum atomic E-state index is -3.93. The Kier molecular flexibility index (Phi) is 6.01. The van der Waals surface area contributed by atoms with E-state index in [2.05, 4.69) is 0 Å². The number of sulfonamides is 1. The molecule has 0 aliphatic carbocycles. The molecule has 1 aromatic carbocycles. The average molecular weight is 382 g/mol. The van der Waals surface area contributed by atoms with E-state index >= 15 is 0 Å². The van der Waals surface area contributed by atoms with E-state index in [1.807, 2.05) is 18.6 Å². The SMILES string of the molecule is CCCN(CCC)C(=O)c1cc(C(=O)O)cc(C2CC(=O)NS2(=O)=O)c1. The summed E-state index contributed by atoms with van der Waals surface area (Å²) < 4.78 is 26.1. The van der Waals surface area contributed by atoms with Crippen LogP contribution in [-0.2, 0) is 14.8 Å². The van der Waals surface area contributed by atoms with Gasteiger partial charge in [-0.05, 0) is 36.6 Å². The lowest BCUT2D eigenvalue weighted by atomic mass is 10.0. The molecule has 1 atom stereocenters. The van der Waals surface area contributed by atoms with Gasteiger partial charge in [-0.25, -0.2) is 13.2 Å². The molecule has 1 aromatic rings. The summed E-state index contributed by atoms with van der Waals surface area (Å²) >= 11 is 0. The first-order valence-corrected chi connectivity index (χ1v) is 9.96. The van der Waals surface area contributed by atoms with Gasteiger partial charge in [0.1, 0.15) is 5.25 Å². The smallest absolute Gasteiger partial charge is 0.335 e. The highest BCUT2D eigenvalue weighted by molar-refractivity contribution is 7.90. The predicted octanol–water partition coefficient (Wildman–Crippen LogP) is 1.54. The van der Waals surface area contributed by atoms with Gasteiger partial charge in [0.2, 0.25) is 15.9 Å². The number of carbonyl (C=O) groups is 3. The predicted molar refractivity (Wildman–Crippen MR) is 94.3 cm³/mol. The molecule has 2 amide bonds. The summed E-state index contributed by atoms with van der Waals surface area (Å²) in [6.07, 6.45) is 1.19. The number of hydrogen-bond acceptors (Lipinski definition) is 5. The van der Waals surface area contributed by atoms with Crippen LogP contribution < -0.4 is 4.72 Å². The van der Waals surface area contributed by atoms with Crippen LogP contribution in [0.15, 0.2) is 18.2 Å². The lowest BCUT2D eigenvalue weighted by Crippen LogP contribution is -2.32. The highest BCUT2D eigenvalue weighted by Gasteiger charge is 2.38. The fourth-order valence-corrected chi connectivity index (χ4v) is 4.38. The largest absolute Gasteiger partial charge is 0.478 e. The van der Waals surface area contributed by atoms with Crippen LogP contribution in [-0.4, -0.2) is 49.3 Å². The van der Waals surface area contributed by atoms with Crippen molar-refractivity contribution in [3.63, 3.8) is 0 Å². The minimum absolute atomic E-state index is 0.108. The molecular formula is C17H22N2O6S. The number of benzene rings is 1. The van der Waals surface area contributed by atoms with Gasteiger partial charge < -0.3 is 10.0 Å². The van der Waals surface area contributed by atoms with Crippen LogP contribution >= 0.6 is 0 Å². The van der Waals surface area contributed by atoms with Crippen LogP contribution in [0.2, 0.25) is 0 Å². The van der Waals surface area contributed by atoms with E-state index in [1.165, 1.54) is 18.2 Å². The number of carboxylic acids is 1. The lowest BCUT2D eigenvalue weighted by molar-refractivity contribution is -0.118. The fourth-order valence-electron chi connectivity index (χ4n) is 2.97. The van der Waals surface area contributed by atoms with E-state index in [1.54, 1.807) is 4.90 Å². The number of carboxylic acid groups (broad SMARTS) is 1. The van der Waals surface area contributed by atoms with Crippen molar-refractivity contribution in [3.8, 4) is 0 Å². The van der Waals surface area contributed by atoms with Gasteiger partial charge in [-0.15, -0.1) is 0 Å². The second-order valence-corrected chi connectivity index (χ2v) is 8.07. The summed E-state index contributed by atoms with van der Waals surface area (Å²) in [4.78, 5) is 37.3. The first-order chi connectivity index (χ1) is 12.2. The Morgan fingerprint density at radius 2 is 1.73 bits per heavy atom. The van der Waals surface area contributed by atoms with Crippen LogP contribution in [0.25, 0.3) is 0 Å². The highest BCUT2D eigenvalue weighted by atomic mass is 32.2. The Balaban J connectivity index is 2.51. The van der Waals surface area contributed by atoms with Crippen molar-refractivity contribution in [1.82, 2.24) is 9.62 Å². The van der Waals surface area contributed by atoms with Gasteiger partial charge in [-0.1, -0.05) is 13.8 Å². The van der Waals surface area contributed by atoms with Crippen molar-refractivity contribution >= 4 is 27.8 Å². The van der Waals surface area contributed by atoms with Crippen molar-refractivity contribution in [2.75, 3.05) is 13.1 Å². The van der Waals surface area contributed by atoms with E-state index < -0.39 is 27.1 Å². The topological polar surface area (TPSA) is 121 Å². The Morgan fingerprint density at radius 3 is 2.19 bits per heavy atom. The molecule has 142 valence electrons. The van der Waals surface area contributed by atoms with E-state index in [-0.39, 0.29) is 29.0 Å². The number of carbonyl (C=O) groups excluding carboxylic acids is 2. The molecule has 1 saturated heterocycles. The highest BCUT2D eigenvalue weighted by Crippen LogP contribution is 2.31. The van der Waals surface area contributed by atoms with Crippen LogP contribution in [0.5, 0.6) is 0 Å². The van der Waals surface area contributed by atoms with Gasteiger partial charge in [0.25, 0.3) is 5.91 Å². The molecule has 1 unspecified atom stereocenters.